The highest BCUT2D eigenvalue weighted by atomic mass is 15.3. The smallest absolute Gasteiger partial charge is 0.128 e. The van der Waals surface area contributed by atoms with E-state index in [2.05, 4.69) is 20.9 Å². The highest BCUT2D eigenvalue weighted by Gasteiger charge is 2.28. The van der Waals surface area contributed by atoms with Gasteiger partial charge in [-0.15, -0.1) is 0 Å². The van der Waals surface area contributed by atoms with Crippen LogP contribution >= 0.6 is 0 Å². The third-order valence-corrected chi connectivity index (χ3v) is 4.11. The Labute approximate surface area is 108 Å². The molecule has 1 saturated carbocycles. The van der Waals surface area contributed by atoms with Crippen LogP contribution in [0.3, 0.4) is 0 Å². The van der Waals surface area contributed by atoms with Gasteiger partial charge in [0.1, 0.15) is 11.9 Å². The normalized spacial score (nSPS) is 21.4. The minimum Gasteiger partial charge on any atom is -0.354 e. The van der Waals surface area contributed by atoms with Crippen molar-refractivity contribution in [1.82, 2.24) is 9.88 Å². The molecule has 2 fully saturated rings. The van der Waals surface area contributed by atoms with E-state index in [0.29, 0.717) is 5.56 Å². The molecular weight excluding hydrogens is 224 g/mol. The summed E-state index contributed by atoms with van der Waals surface area (Å²) in [6.45, 7) is 4.39. The van der Waals surface area contributed by atoms with Crippen LogP contribution in [0.1, 0.15) is 24.8 Å². The van der Waals surface area contributed by atoms with Crippen LogP contribution in [0.15, 0.2) is 18.3 Å². The van der Waals surface area contributed by atoms with Gasteiger partial charge < -0.3 is 4.90 Å². The number of rotatable bonds is 2. The second kappa shape index (κ2) is 4.95. The molecule has 0 unspecified atom stereocenters. The largest absolute Gasteiger partial charge is 0.354 e. The number of hydrogen-bond acceptors (Lipinski definition) is 4. The van der Waals surface area contributed by atoms with Crippen molar-refractivity contribution in [3.05, 3.63) is 23.9 Å². The Balaban J connectivity index is 1.59. The van der Waals surface area contributed by atoms with E-state index in [1.165, 1.54) is 19.3 Å². The van der Waals surface area contributed by atoms with Gasteiger partial charge >= 0.3 is 0 Å². The van der Waals surface area contributed by atoms with E-state index in [1.807, 2.05) is 12.1 Å². The maximum Gasteiger partial charge on any atom is 0.128 e. The molecule has 4 heteroatoms. The molecule has 0 aromatic carbocycles. The molecule has 2 aliphatic rings. The van der Waals surface area contributed by atoms with Crippen molar-refractivity contribution in [1.29, 1.82) is 5.26 Å². The minimum absolute atomic E-state index is 0.631. The second-order valence-electron chi connectivity index (χ2n) is 5.12. The zero-order valence-electron chi connectivity index (χ0n) is 10.5. The lowest BCUT2D eigenvalue weighted by atomic mass is 9.91. The van der Waals surface area contributed by atoms with Gasteiger partial charge in [-0.1, -0.05) is 6.42 Å². The van der Waals surface area contributed by atoms with Gasteiger partial charge in [-0.05, 0) is 25.0 Å². The van der Waals surface area contributed by atoms with Crippen LogP contribution in [0.25, 0.3) is 0 Å². The molecule has 0 N–H and O–H groups in total. The summed E-state index contributed by atoms with van der Waals surface area (Å²) in [7, 11) is 0. The molecule has 3 rings (SSSR count). The Bertz CT molecular complexity index is 436. The van der Waals surface area contributed by atoms with E-state index in [1.54, 1.807) is 6.20 Å². The molecule has 0 atom stereocenters. The van der Waals surface area contributed by atoms with Crippen LogP contribution in [-0.2, 0) is 0 Å². The number of aromatic nitrogens is 1. The van der Waals surface area contributed by atoms with E-state index in [9.17, 15) is 0 Å². The molecule has 4 nitrogen and oxygen atoms in total. The average Bonchev–Trinajstić information content (AvgIpc) is 2.38. The molecule has 18 heavy (non-hydrogen) atoms. The lowest BCUT2D eigenvalue weighted by molar-refractivity contribution is 0.120. The van der Waals surface area contributed by atoms with Crippen molar-refractivity contribution < 1.29 is 0 Å². The topological polar surface area (TPSA) is 43.2 Å². The van der Waals surface area contributed by atoms with Crippen molar-refractivity contribution in [3.8, 4) is 6.07 Å². The first-order chi connectivity index (χ1) is 8.86. The molecule has 1 aromatic rings. The van der Waals surface area contributed by atoms with E-state index >= 15 is 0 Å². The van der Waals surface area contributed by atoms with Crippen LogP contribution in [-0.4, -0.2) is 42.1 Å². The summed E-state index contributed by atoms with van der Waals surface area (Å²) in [6.07, 6.45) is 5.83. The summed E-state index contributed by atoms with van der Waals surface area (Å²) in [4.78, 5) is 9.29. The Morgan fingerprint density at radius 3 is 2.44 bits per heavy atom. The fraction of sp³-hybridized carbons (Fsp3) is 0.571. The molecule has 2 heterocycles. The first-order valence-corrected chi connectivity index (χ1v) is 6.72. The maximum atomic E-state index is 8.76. The van der Waals surface area contributed by atoms with Crippen molar-refractivity contribution in [2.45, 2.75) is 25.3 Å². The first kappa shape index (κ1) is 11.5. The molecule has 1 aliphatic heterocycles. The van der Waals surface area contributed by atoms with Crippen LogP contribution < -0.4 is 4.90 Å². The summed E-state index contributed by atoms with van der Waals surface area (Å²) in [5, 5.41) is 8.76. The molecule has 94 valence electrons. The third-order valence-electron chi connectivity index (χ3n) is 4.11. The number of nitriles is 1. The van der Waals surface area contributed by atoms with Gasteiger partial charge in [-0.25, -0.2) is 4.98 Å². The fourth-order valence-corrected chi connectivity index (χ4v) is 2.71. The number of hydrogen-bond donors (Lipinski definition) is 0. The van der Waals surface area contributed by atoms with Crippen LogP contribution in [0.2, 0.25) is 0 Å². The molecular formula is C14H18N4. The third kappa shape index (κ3) is 2.19. The Morgan fingerprint density at radius 2 is 1.94 bits per heavy atom. The minimum atomic E-state index is 0.631. The van der Waals surface area contributed by atoms with Crippen molar-refractivity contribution >= 4 is 5.82 Å². The molecule has 1 saturated heterocycles. The zero-order valence-corrected chi connectivity index (χ0v) is 10.5. The van der Waals surface area contributed by atoms with Crippen molar-refractivity contribution in [2.24, 2.45) is 0 Å². The molecule has 1 aromatic heterocycles. The Morgan fingerprint density at radius 1 is 1.17 bits per heavy atom. The monoisotopic (exact) mass is 242 g/mol. The molecule has 0 radical (unpaired) electrons. The average molecular weight is 242 g/mol. The van der Waals surface area contributed by atoms with E-state index in [0.717, 1.165) is 38.0 Å². The molecule has 0 amide bonds. The number of anilines is 1. The fourth-order valence-electron chi connectivity index (χ4n) is 2.71. The van der Waals surface area contributed by atoms with Gasteiger partial charge in [0.25, 0.3) is 0 Å². The lowest BCUT2D eigenvalue weighted by Gasteiger charge is -2.43. The number of pyridine rings is 1. The molecule has 0 spiro atoms. The summed E-state index contributed by atoms with van der Waals surface area (Å²) < 4.78 is 0. The standard InChI is InChI=1S/C14H18N4/c15-10-12-4-5-14(16-11-12)18-8-6-17(7-9-18)13-2-1-3-13/h4-5,11,13H,1-3,6-9H2. The van der Waals surface area contributed by atoms with Gasteiger partial charge in [0, 0.05) is 38.4 Å². The van der Waals surface area contributed by atoms with Crippen molar-refractivity contribution in [2.75, 3.05) is 31.1 Å². The first-order valence-electron chi connectivity index (χ1n) is 6.72. The van der Waals surface area contributed by atoms with E-state index in [-0.39, 0.29) is 0 Å². The highest BCUT2D eigenvalue weighted by molar-refractivity contribution is 5.42. The number of nitrogens with zero attached hydrogens (tertiary/aromatic N) is 4. The summed E-state index contributed by atoms with van der Waals surface area (Å²) in [5.41, 5.74) is 0.631. The van der Waals surface area contributed by atoms with Gasteiger partial charge in [0.15, 0.2) is 0 Å². The summed E-state index contributed by atoms with van der Waals surface area (Å²) >= 11 is 0. The SMILES string of the molecule is N#Cc1ccc(N2CCN(C3CCC3)CC2)nc1. The molecule has 1 aliphatic carbocycles. The summed E-state index contributed by atoms with van der Waals surface area (Å²) in [6, 6.07) is 6.76. The van der Waals surface area contributed by atoms with Crippen LogP contribution in [0.5, 0.6) is 0 Å². The maximum absolute atomic E-state index is 8.76. The highest BCUT2D eigenvalue weighted by Crippen LogP contribution is 2.26. The predicted molar refractivity (Wildman–Crippen MR) is 70.4 cm³/mol. The zero-order chi connectivity index (χ0) is 12.4. The van der Waals surface area contributed by atoms with Crippen LogP contribution in [0, 0.1) is 11.3 Å². The van der Waals surface area contributed by atoms with Gasteiger partial charge in [0.2, 0.25) is 0 Å². The number of piperazine rings is 1. The molecule has 0 bridgehead atoms. The van der Waals surface area contributed by atoms with Crippen molar-refractivity contribution in [3.63, 3.8) is 0 Å². The Hall–Kier alpha value is -1.60. The van der Waals surface area contributed by atoms with E-state index in [4.69, 9.17) is 5.26 Å². The Kier molecular flexibility index (Phi) is 3.16. The van der Waals surface area contributed by atoms with Gasteiger partial charge in [-0.3, -0.25) is 4.90 Å². The lowest BCUT2D eigenvalue weighted by Crippen LogP contribution is -2.52. The predicted octanol–water partition coefficient (Wildman–Crippen LogP) is 1.63. The quantitative estimate of drug-likeness (QED) is 0.790. The second-order valence-corrected chi connectivity index (χ2v) is 5.12. The van der Waals surface area contributed by atoms with Crippen LogP contribution in [0.4, 0.5) is 5.82 Å². The van der Waals surface area contributed by atoms with Gasteiger partial charge in [0.05, 0.1) is 5.56 Å². The van der Waals surface area contributed by atoms with Gasteiger partial charge in [-0.2, -0.15) is 5.26 Å². The summed E-state index contributed by atoms with van der Waals surface area (Å²) in [5.74, 6) is 1.00. The van der Waals surface area contributed by atoms with E-state index < -0.39 is 0 Å².